The van der Waals surface area contributed by atoms with E-state index in [4.69, 9.17) is 13.6 Å². The molecular weight excluding hydrogens is 496 g/mol. The average molecular weight is 527 g/mol. The molecule has 0 saturated carbocycles. The van der Waals surface area contributed by atoms with Crippen molar-refractivity contribution in [2.75, 3.05) is 0 Å². The number of hydrogen-bond donors (Lipinski definition) is 2. The van der Waals surface area contributed by atoms with E-state index in [1.807, 2.05) is 39.8 Å². The van der Waals surface area contributed by atoms with Gasteiger partial charge in [0.05, 0.1) is 33.9 Å². The molecule has 7 heteroatoms. The lowest BCUT2D eigenvalue weighted by atomic mass is 9.84. The highest BCUT2D eigenvalue weighted by molar-refractivity contribution is 5.87. The van der Waals surface area contributed by atoms with Crippen LogP contribution in [0.5, 0.6) is 17.2 Å². The summed E-state index contributed by atoms with van der Waals surface area (Å²) in [7, 11) is 0. The SMILES string of the molecule is CCc1ccc2oc(=O)c(C(c3ccc(OC(C)C)cc3)c3c(O)c4cc(CC)ccc4oc3=O)c(O)c2c1. The molecule has 0 saturated heterocycles. The molecule has 5 rings (SSSR count). The van der Waals surface area contributed by atoms with Gasteiger partial charge in [0, 0.05) is 0 Å². The summed E-state index contributed by atoms with van der Waals surface area (Å²) in [5.74, 6) is -1.22. The number of aromatic hydroxyl groups is 2. The Morgan fingerprint density at radius 3 is 1.59 bits per heavy atom. The number of hydrogen-bond acceptors (Lipinski definition) is 7. The third-order valence-corrected chi connectivity index (χ3v) is 6.93. The predicted octanol–water partition coefficient (Wildman–Crippen LogP) is 6.40. The van der Waals surface area contributed by atoms with Crippen LogP contribution >= 0.6 is 0 Å². The summed E-state index contributed by atoms with van der Waals surface area (Å²) in [6.45, 7) is 7.76. The average Bonchev–Trinajstić information content (AvgIpc) is 2.92. The maximum atomic E-state index is 13.4. The summed E-state index contributed by atoms with van der Waals surface area (Å²) in [6, 6.07) is 17.3. The molecule has 0 bridgehead atoms. The third-order valence-electron chi connectivity index (χ3n) is 6.93. The molecule has 0 fully saturated rings. The van der Waals surface area contributed by atoms with E-state index in [9.17, 15) is 19.8 Å². The summed E-state index contributed by atoms with van der Waals surface area (Å²) >= 11 is 0. The van der Waals surface area contributed by atoms with Gasteiger partial charge >= 0.3 is 11.3 Å². The molecule has 5 aromatic rings. The lowest BCUT2D eigenvalue weighted by Gasteiger charge is -2.20. The molecule has 2 heterocycles. The van der Waals surface area contributed by atoms with Crippen LogP contribution in [0.3, 0.4) is 0 Å². The van der Waals surface area contributed by atoms with Crippen LogP contribution in [0, 0.1) is 0 Å². The molecule has 0 unspecified atom stereocenters. The van der Waals surface area contributed by atoms with Crippen molar-refractivity contribution in [1.29, 1.82) is 0 Å². The van der Waals surface area contributed by atoms with Gasteiger partial charge in [-0.1, -0.05) is 38.1 Å². The van der Waals surface area contributed by atoms with Crippen LogP contribution in [-0.4, -0.2) is 16.3 Å². The van der Waals surface area contributed by atoms with Crippen LogP contribution in [0.15, 0.2) is 79.1 Å². The normalized spacial score (nSPS) is 11.6. The fourth-order valence-corrected chi connectivity index (χ4v) is 4.93. The van der Waals surface area contributed by atoms with Crippen molar-refractivity contribution < 1.29 is 23.8 Å². The van der Waals surface area contributed by atoms with Crippen LogP contribution in [-0.2, 0) is 12.8 Å². The number of fused-ring (bicyclic) bond motifs is 2. The topological polar surface area (TPSA) is 110 Å². The molecule has 200 valence electrons. The molecule has 2 aromatic heterocycles. The van der Waals surface area contributed by atoms with E-state index in [0.29, 0.717) is 34.9 Å². The minimum atomic E-state index is -1.19. The second-order valence-corrected chi connectivity index (χ2v) is 9.84. The molecule has 0 aliphatic carbocycles. The molecule has 3 aromatic carbocycles. The quantitative estimate of drug-likeness (QED) is 0.236. The predicted molar refractivity (Wildman–Crippen MR) is 150 cm³/mol. The van der Waals surface area contributed by atoms with Gasteiger partial charge in [-0.25, -0.2) is 9.59 Å². The summed E-state index contributed by atoms with van der Waals surface area (Å²) < 4.78 is 17.0. The number of ether oxygens (including phenoxy) is 1. The van der Waals surface area contributed by atoms with Crippen LogP contribution in [0.25, 0.3) is 21.9 Å². The first kappa shape index (κ1) is 26.1. The van der Waals surface area contributed by atoms with Crippen molar-refractivity contribution in [3.05, 3.63) is 109 Å². The van der Waals surface area contributed by atoms with E-state index in [-0.39, 0.29) is 39.9 Å². The van der Waals surface area contributed by atoms with Crippen LogP contribution in [0.4, 0.5) is 0 Å². The van der Waals surface area contributed by atoms with Crippen LogP contribution in [0.2, 0.25) is 0 Å². The summed E-state index contributed by atoms with van der Waals surface area (Å²) in [6.07, 6.45) is 1.36. The lowest BCUT2D eigenvalue weighted by molar-refractivity contribution is 0.242. The first-order chi connectivity index (χ1) is 18.7. The Labute approximate surface area is 224 Å². The molecule has 0 aliphatic rings. The van der Waals surface area contributed by atoms with Gasteiger partial charge in [-0.15, -0.1) is 0 Å². The van der Waals surface area contributed by atoms with E-state index < -0.39 is 17.2 Å². The van der Waals surface area contributed by atoms with Crippen molar-refractivity contribution in [2.24, 2.45) is 0 Å². The van der Waals surface area contributed by atoms with Crippen LogP contribution in [0.1, 0.15) is 61.4 Å². The van der Waals surface area contributed by atoms with E-state index in [2.05, 4.69) is 0 Å². The van der Waals surface area contributed by atoms with Gasteiger partial charge in [0.15, 0.2) is 0 Å². The summed E-state index contributed by atoms with van der Waals surface area (Å²) in [4.78, 5) is 26.9. The van der Waals surface area contributed by atoms with Gasteiger partial charge in [0.2, 0.25) is 0 Å². The van der Waals surface area contributed by atoms with Gasteiger partial charge in [-0.3, -0.25) is 0 Å². The molecule has 7 nitrogen and oxygen atoms in total. The maximum absolute atomic E-state index is 13.4. The summed E-state index contributed by atoms with van der Waals surface area (Å²) in [5.41, 5.74) is 0.808. The second kappa shape index (κ2) is 10.3. The zero-order chi connectivity index (χ0) is 27.8. The smallest absolute Gasteiger partial charge is 0.344 e. The fourth-order valence-electron chi connectivity index (χ4n) is 4.93. The standard InChI is InChI=1S/C32H30O7/c1-5-18-7-13-24-22(15-18)29(33)27(31(35)38-24)26(20-9-11-21(12-10-20)37-17(3)4)28-30(34)23-16-19(6-2)8-14-25(23)39-32(28)36/h7-17,26,33-34H,5-6H2,1-4H3. The first-order valence-electron chi connectivity index (χ1n) is 13.1. The molecule has 0 spiro atoms. The lowest BCUT2D eigenvalue weighted by Crippen LogP contribution is -2.21. The zero-order valence-corrected chi connectivity index (χ0v) is 22.3. The Morgan fingerprint density at radius 1 is 0.718 bits per heavy atom. The van der Waals surface area contributed by atoms with Crippen LogP contribution < -0.4 is 16.0 Å². The van der Waals surface area contributed by atoms with E-state index in [1.165, 1.54) is 0 Å². The zero-order valence-electron chi connectivity index (χ0n) is 22.3. The second-order valence-electron chi connectivity index (χ2n) is 9.84. The van der Waals surface area contributed by atoms with Gasteiger partial charge in [-0.2, -0.15) is 0 Å². The molecule has 0 atom stereocenters. The molecule has 39 heavy (non-hydrogen) atoms. The maximum Gasteiger partial charge on any atom is 0.344 e. The van der Waals surface area contributed by atoms with Crippen molar-refractivity contribution in [3.8, 4) is 17.2 Å². The highest BCUT2D eigenvalue weighted by atomic mass is 16.5. The number of benzene rings is 3. The van der Waals surface area contributed by atoms with E-state index >= 15 is 0 Å². The number of aryl methyl sites for hydroxylation is 2. The van der Waals surface area contributed by atoms with Gasteiger partial charge in [0.25, 0.3) is 0 Å². The Kier molecular flexibility index (Phi) is 6.91. The third kappa shape index (κ3) is 4.76. The minimum Gasteiger partial charge on any atom is -0.507 e. The molecule has 0 aliphatic heterocycles. The molecular formula is C32H30O7. The fraction of sp³-hybridized carbons (Fsp3) is 0.250. The van der Waals surface area contributed by atoms with Crippen molar-refractivity contribution in [1.82, 2.24) is 0 Å². The highest BCUT2D eigenvalue weighted by Crippen LogP contribution is 2.42. The van der Waals surface area contributed by atoms with Gasteiger partial charge in [0.1, 0.15) is 28.4 Å². The Bertz CT molecular complexity index is 1690. The number of rotatable bonds is 7. The summed E-state index contributed by atoms with van der Waals surface area (Å²) in [5, 5.41) is 23.7. The van der Waals surface area contributed by atoms with E-state index in [0.717, 1.165) is 11.1 Å². The van der Waals surface area contributed by atoms with E-state index in [1.54, 1.807) is 48.5 Å². The first-order valence-corrected chi connectivity index (χ1v) is 13.1. The van der Waals surface area contributed by atoms with Crippen molar-refractivity contribution in [3.63, 3.8) is 0 Å². The van der Waals surface area contributed by atoms with Gasteiger partial charge in [-0.05, 0) is 79.8 Å². The molecule has 0 radical (unpaired) electrons. The Balaban J connectivity index is 1.84. The molecule has 2 N–H and O–H groups in total. The minimum absolute atomic E-state index is 0.0553. The van der Waals surface area contributed by atoms with Crippen molar-refractivity contribution >= 4 is 21.9 Å². The van der Waals surface area contributed by atoms with Crippen molar-refractivity contribution in [2.45, 2.75) is 52.6 Å². The Morgan fingerprint density at radius 2 is 1.18 bits per heavy atom. The van der Waals surface area contributed by atoms with Gasteiger partial charge < -0.3 is 23.8 Å². The largest absolute Gasteiger partial charge is 0.507 e. The Hall–Kier alpha value is -4.52. The monoisotopic (exact) mass is 526 g/mol. The highest BCUT2D eigenvalue weighted by Gasteiger charge is 2.32. The molecule has 0 amide bonds.